The van der Waals surface area contributed by atoms with Crippen LogP contribution in [-0.4, -0.2) is 17.6 Å². The van der Waals surface area contributed by atoms with Crippen LogP contribution in [0.15, 0.2) is 36.4 Å². The Morgan fingerprint density at radius 1 is 1.05 bits per heavy atom. The average molecular weight is 271 g/mol. The van der Waals surface area contributed by atoms with Gasteiger partial charge in [-0.3, -0.25) is 4.79 Å². The summed E-state index contributed by atoms with van der Waals surface area (Å²) in [5.41, 5.74) is 0.619. The zero-order valence-corrected chi connectivity index (χ0v) is 11.9. The number of carbonyl (C=O) groups is 1. The molecule has 3 heteroatoms. The second kappa shape index (κ2) is 6.94. The first-order valence-electron chi connectivity index (χ1n) is 7.23. The normalized spacial score (nSPS) is 10.7. The van der Waals surface area contributed by atoms with Crippen LogP contribution in [0.5, 0.6) is 5.75 Å². The summed E-state index contributed by atoms with van der Waals surface area (Å²) >= 11 is 0. The molecule has 1 amide bonds. The van der Waals surface area contributed by atoms with Crippen LogP contribution in [0.4, 0.5) is 0 Å². The molecule has 2 aromatic rings. The molecule has 2 N–H and O–H groups in total. The van der Waals surface area contributed by atoms with Crippen LogP contribution in [0.3, 0.4) is 0 Å². The third kappa shape index (κ3) is 3.29. The Morgan fingerprint density at radius 3 is 2.55 bits per heavy atom. The van der Waals surface area contributed by atoms with Gasteiger partial charge in [-0.05, 0) is 23.9 Å². The molecule has 0 atom stereocenters. The number of hydrogen-bond acceptors (Lipinski definition) is 2. The second-order valence-corrected chi connectivity index (χ2v) is 4.99. The van der Waals surface area contributed by atoms with Crippen molar-refractivity contribution in [2.45, 2.75) is 32.6 Å². The molecule has 106 valence electrons. The Hall–Kier alpha value is -2.03. The highest BCUT2D eigenvalue weighted by atomic mass is 16.3. The van der Waals surface area contributed by atoms with Crippen molar-refractivity contribution in [3.8, 4) is 5.75 Å². The standard InChI is InChI=1S/C17H21NO2/c1-2-3-4-7-12-18-17(20)15-10-11-16(19)14-9-6-5-8-13(14)15/h5-6,8-11,19H,2-4,7,12H2,1H3,(H,18,20). The summed E-state index contributed by atoms with van der Waals surface area (Å²) in [5, 5.41) is 14.3. The van der Waals surface area contributed by atoms with Gasteiger partial charge >= 0.3 is 0 Å². The molecule has 0 heterocycles. The van der Waals surface area contributed by atoms with Crippen molar-refractivity contribution in [1.29, 1.82) is 0 Å². The molecule has 0 aromatic heterocycles. The Bertz CT molecular complexity index is 593. The lowest BCUT2D eigenvalue weighted by atomic mass is 10.0. The molecule has 0 bridgehead atoms. The largest absolute Gasteiger partial charge is 0.507 e. The monoisotopic (exact) mass is 271 g/mol. The molecule has 20 heavy (non-hydrogen) atoms. The lowest BCUT2D eigenvalue weighted by Gasteiger charge is -2.09. The van der Waals surface area contributed by atoms with Crippen LogP contribution < -0.4 is 5.32 Å². The number of nitrogens with one attached hydrogen (secondary N) is 1. The molecule has 0 radical (unpaired) electrons. The van der Waals surface area contributed by atoms with Crippen molar-refractivity contribution in [1.82, 2.24) is 5.32 Å². The number of aromatic hydroxyl groups is 1. The minimum Gasteiger partial charge on any atom is -0.507 e. The van der Waals surface area contributed by atoms with Gasteiger partial charge in [0.25, 0.3) is 5.91 Å². The minimum atomic E-state index is -0.0716. The van der Waals surface area contributed by atoms with Crippen LogP contribution in [0.1, 0.15) is 43.0 Å². The maximum atomic E-state index is 12.2. The van der Waals surface area contributed by atoms with E-state index in [1.807, 2.05) is 24.3 Å². The Morgan fingerprint density at radius 2 is 1.80 bits per heavy atom. The maximum absolute atomic E-state index is 12.2. The minimum absolute atomic E-state index is 0.0716. The number of fused-ring (bicyclic) bond motifs is 1. The van der Waals surface area contributed by atoms with E-state index in [2.05, 4.69) is 12.2 Å². The van der Waals surface area contributed by atoms with Gasteiger partial charge in [0.1, 0.15) is 5.75 Å². The van der Waals surface area contributed by atoms with Crippen molar-refractivity contribution in [3.63, 3.8) is 0 Å². The lowest BCUT2D eigenvalue weighted by Crippen LogP contribution is -2.24. The predicted octanol–water partition coefficient (Wildman–Crippen LogP) is 3.86. The highest BCUT2D eigenvalue weighted by molar-refractivity contribution is 6.08. The quantitative estimate of drug-likeness (QED) is 0.784. The van der Waals surface area contributed by atoms with E-state index in [0.29, 0.717) is 17.5 Å². The summed E-state index contributed by atoms with van der Waals surface area (Å²) in [6.07, 6.45) is 4.55. The number of unbranched alkanes of at least 4 members (excludes halogenated alkanes) is 3. The number of phenolic OH excluding ortho intramolecular Hbond substituents is 1. The van der Waals surface area contributed by atoms with Crippen LogP contribution in [-0.2, 0) is 0 Å². The third-order valence-electron chi connectivity index (χ3n) is 3.46. The van der Waals surface area contributed by atoms with Crippen LogP contribution in [0.2, 0.25) is 0 Å². The molecule has 0 spiro atoms. The van der Waals surface area contributed by atoms with Crippen molar-refractivity contribution in [2.75, 3.05) is 6.54 Å². The number of benzene rings is 2. The fourth-order valence-electron chi connectivity index (χ4n) is 2.33. The van der Waals surface area contributed by atoms with E-state index < -0.39 is 0 Å². The zero-order chi connectivity index (χ0) is 14.4. The van der Waals surface area contributed by atoms with Gasteiger partial charge in [-0.25, -0.2) is 0 Å². The molecular weight excluding hydrogens is 250 g/mol. The van der Waals surface area contributed by atoms with E-state index in [-0.39, 0.29) is 11.7 Å². The maximum Gasteiger partial charge on any atom is 0.251 e. The lowest BCUT2D eigenvalue weighted by molar-refractivity contribution is 0.0954. The van der Waals surface area contributed by atoms with Crippen LogP contribution in [0.25, 0.3) is 10.8 Å². The van der Waals surface area contributed by atoms with Gasteiger partial charge in [-0.1, -0.05) is 50.5 Å². The fraction of sp³-hybridized carbons (Fsp3) is 0.353. The SMILES string of the molecule is CCCCCCNC(=O)c1ccc(O)c2ccccc12. The number of hydrogen-bond donors (Lipinski definition) is 2. The molecule has 0 unspecified atom stereocenters. The van der Waals surface area contributed by atoms with E-state index in [0.717, 1.165) is 18.2 Å². The molecule has 0 saturated heterocycles. The van der Waals surface area contributed by atoms with Crippen LogP contribution in [0, 0.1) is 0 Å². The summed E-state index contributed by atoms with van der Waals surface area (Å²) < 4.78 is 0. The van der Waals surface area contributed by atoms with Gasteiger partial charge in [-0.15, -0.1) is 0 Å². The number of carbonyl (C=O) groups excluding carboxylic acids is 1. The first kappa shape index (κ1) is 14.4. The highest BCUT2D eigenvalue weighted by Crippen LogP contribution is 2.27. The predicted molar refractivity (Wildman–Crippen MR) is 82.1 cm³/mol. The van der Waals surface area contributed by atoms with E-state index in [9.17, 15) is 9.90 Å². The first-order valence-corrected chi connectivity index (χ1v) is 7.23. The fourth-order valence-corrected chi connectivity index (χ4v) is 2.33. The van der Waals surface area contributed by atoms with Gasteiger partial charge in [-0.2, -0.15) is 0 Å². The Balaban J connectivity index is 2.09. The summed E-state index contributed by atoms with van der Waals surface area (Å²) in [4.78, 5) is 12.2. The molecule has 2 aromatic carbocycles. The molecule has 3 nitrogen and oxygen atoms in total. The number of rotatable bonds is 6. The molecule has 0 aliphatic heterocycles. The van der Waals surface area contributed by atoms with E-state index in [1.165, 1.54) is 12.8 Å². The van der Waals surface area contributed by atoms with Crippen molar-refractivity contribution in [2.24, 2.45) is 0 Å². The highest BCUT2D eigenvalue weighted by Gasteiger charge is 2.11. The number of phenols is 1. The summed E-state index contributed by atoms with van der Waals surface area (Å²) in [6, 6.07) is 10.7. The number of amides is 1. The van der Waals surface area contributed by atoms with Gasteiger partial charge < -0.3 is 10.4 Å². The third-order valence-corrected chi connectivity index (χ3v) is 3.46. The smallest absolute Gasteiger partial charge is 0.251 e. The molecule has 0 aliphatic rings. The van der Waals surface area contributed by atoms with E-state index in [1.54, 1.807) is 12.1 Å². The van der Waals surface area contributed by atoms with Crippen molar-refractivity contribution in [3.05, 3.63) is 42.0 Å². The van der Waals surface area contributed by atoms with Gasteiger partial charge in [0.2, 0.25) is 0 Å². The van der Waals surface area contributed by atoms with Gasteiger partial charge in [0.05, 0.1) is 0 Å². The first-order chi connectivity index (χ1) is 9.74. The Kier molecular flexibility index (Phi) is 4.99. The van der Waals surface area contributed by atoms with Crippen molar-refractivity contribution < 1.29 is 9.90 Å². The zero-order valence-electron chi connectivity index (χ0n) is 11.9. The summed E-state index contributed by atoms with van der Waals surface area (Å²) in [7, 11) is 0. The topological polar surface area (TPSA) is 49.3 Å². The van der Waals surface area contributed by atoms with Gasteiger partial charge in [0, 0.05) is 17.5 Å². The van der Waals surface area contributed by atoms with Crippen LogP contribution >= 0.6 is 0 Å². The van der Waals surface area contributed by atoms with Gasteiger partial charge in [0.15, 0.2) is 0 Å². The molecule has 0 saturated carbocycles. The molecule has 0 fully saturated rings. The molecular formula is C17H21NO2. The van der Waals surface area contributed by atoms with Crippen molar-refractivity contribution >= 4 is 16.7 Å². The summed E-state index contributed by atoms with van der Waals surface area (Å²) in [6.45, 7) is 2.87. The van der Waals surface area contributed by atoms with E-state index in [4.69, 9.17) is 0 Å². The van der Waals surface area contributed by atoms with E-state index >= 15 is 0 Å². The average Bonchev–Trinajstić information content (AvgIpc) is 2.47. The molecule has 2 rings (SSSR count). The summed E-state index contributed by atoms with van der Waals surface area (Å²) in [5.74, 6) is 0.137. The molecule has 0 aliphatic carbocycles. The second-order valence-electron chi connectivity index (χ2n) is 4.99. The Labute approximate surface area is 119 Å².